The van der Waals surface area contributed by atoms with Crippen LogP contribution in [-0.4, -0.2) is 33.1 Å². The van der Waals surface area contributed by atoms with Crippen LogP contribution >= 0.6 is 0 Å². The summed E-state index contributed by atoms with van der Waals surface area (Å²) in [7, 11) is 0. The van der Waals surface area contributed by atoms with E-state index >= 15 is 0 Å². The van der Waals surface area contributed by atoms with Gasteiger partial charge in [0.2, 0.25) is 5.78 Å². The van der Waals surface area contributed by atoms with Crippen LogP contribution in [0, 0.1) is 0 Å². The van der Waals surface area contributed by atoms with Gasteiger partial charge in [0.15, 0.2) is 11.3 Å². The van der Waals surface area contributed by atoms with E-state index in [0.717, 1.165) is 67.5 Å². The summed E-state index contributed by atoms with van der Waals surface area (Å²) in [6.45, 7) is 4.45. The van der Waals surface area contributed by atoms with Gasteiger partial charge in [-0.2, -0.15) is 0 Å². The number of fused-ring (bicyclic) bond motifs is 8. The molecule has 0 aliphatic rings. The maximum absolute atomic E-state index is 6.61. The lowest BCUT2D eigenvalue weighted by atomic mass is 10.0. The fraction of sp³-hybridized carbons (Fsp3) is 0.0714. The van der Waals surface area contributed by atoms with E-state index in [9.17, 15) is 0 Å². The third-order valence-electron chi connectivity index (χ3n) is 9.55. The van der Waals surface area contributed by atoms with E-state index in [1.807, 2.05) is 55.0 Å². The van der Waals surface area contributed by atoms with Gasteiger partial charge in [0.25, 0.3) is 0 Å². The van der Waals surface area contributed by atoms with Gasteiger partial charge in [-0.05, 0) is 72.1 Å². The van der Waals surface area contributed by atoms with Crippen molar-refractivity contribution < 1.29 is 4.74 Å². The van der Waals surface area contributed by atoms with Crippen LogP contribution in [0.4, 0.5) is 0 Å². The summed E-state index contributed by atoms with van der Waals surface area (Å²) >= 11 is 0. The van der Waals surface area contributed by atoms with Gasteiger partial charge < -0.3 is 4.74 Å². The number of benzene rings is 5. The molecule has 240 valence electrons. The first-order chi connectivity index (χ1) is 24.6. The number of hydrogen-bond donors (Lipinski definition) is 0. The molecule has 8 nitrogen and oxygen atoms in total. The van der Waals surface area contributed by atoms with E-state index in [-0.39, 0.29) is 0 Å². The third kappa shape index (κ3) is 4.21. The molecule has 50 heavy (non-hydrogen) atoms. The second-order valence-corrected chi connectivity index (χ2v) is 12.9. The molecule has 0 fully saturated rings. The Morgan fingerprint density at radius 1 is 0.620 bits per heavy atom. The van der Waals surface area contributed by atoms with E-state index < -0.39 is 0 Å². The molecule has 0 aliphatic carbocycles. The van der Waals surface area contributed by atoms with E-state index in [1.165, 1.54) is 10.9 Å². The standard InChI is InChI=1S/C42H31N7O/c1-27(2)31-14-6-8-16-35(31)46-26-44-40-41(46)47(28-12-4-3-5-13-28)42-45-34-22-20-30(25-38(34)49(40)42)50-29-19-21-33-32-15-7-9-17-36(32)48(37(33)24-29)39-18-10-11-23-43-39/h3-27H,1-2H3. The largest absolute Gasteiger partial charge is 0.457 e. The quantitative estimate of drug-likeness (QED) is 0.180. The summed E-state index contributed by atoms with van der Waals surface area (Å²) in [4.78, 5) is 14.9. The molecule has 0 aliphatic heterocycles. The summed E-state index contributed by atoms with van der Waals surface area (Å²) in [5, 5.41) is 2.32. The van der Waals surface area contributed by atoms with Gasteiger partial charge in [0, 0.05) is 29.1 Å². The Hall–Kier alpha value is -6.67. The minimum absolute atomic E-state index is 0.345. The minimum Gasteiger partial charge on any atom is -0.457 e. The predicted octanol–water partition coefficient (Wildman–Crippen LogP) is 10.0. The molecule has 0 saturated carbocycles. The molecule has 10 aromatic rings. The highest BCUT2D eigenvalue weighted by Crippen LogP contribution is 2.37. The molecule has 0 bridgehead atoms. The number of imidazole rings is 3. The van der Waals surface area contributed by atoms with Crippen molar-refractivity contribution in [2.45, 2.75) is 19.8 Å². The van der Waals surface area contributed by atoms with Gasteiger partial charge in [0.05, 0.1) is 33.4 Å². The maximum Gasteiger partial charge on any atom is 0.223 e. The first-order valence-corrected chi connectivity index (χ1v) is 16.8. The second kappa shape index (κ2) is 10.9. The SMILES string of the molecule is CC(C)c1ccccc1-n1cnc2c1n(-c1ccccc1)c1nc3ccc(Oc4ccc5c6ccccc6n(-c6ccccn6)c5c4)cc3n21. The van der Waals surface area contributed by atoms with Crippen LogP contribution in [0.3, 0.4) is 0 Å². The molecule has 5 aromatic carbocycles. The predicted molar refractivity (Wildman–Crippen MR) is 199 cm³/mol. The molecule has 0 unspecified atom stereocenters. The van der Waals surface area contributed by atoms with Crippen LogP contribution in [0.25, 0.3) is 67.1 Å². The zero-order valence-electron chi connectivity index (χ0n) is 27.5. The summed E-state index contributed by atoms with van der Waals surface area (Å²) < 4.78 is 15.3. The lowest BCUT2D eigenvalue weighted by molar-refractivity contribution is 0.484. The zero-order chi connectivity index (χ0) is 33.3. The van der Waals surface area contributed by atoms with Crippen LogP contribution in [0.15, 0.2) is 146 Å². The molecule has 0 radical (unpaired) electrons. The Labute approximate surface area is 287 Å². The van der Waals surface area contributed by atoms with Gasteiger partial charge in [0.1, 0.15) is 23.6 Å². The molecule has 5 aromatic heterocycles. The molecule has 0 spiro atoms. The third-order valence-corrected chi connectivity index (χ3v) is 9.55. The molecule has 0 saturated heterocycles. The van der Waals surface area contributed by atoms with E-state index in [0.29, 0.717) is 11.7 Å². The van der Waals surface area contributed by atoms with Crippen molar-refractivity contribution in [2.75, 3.05) is 0 Å². The molecular weight excluding hydrogens is 619 g/mol. The molecule has 0 atom stereocenters. The van der Waals surface area contributed by atoms with Crippen LogP contribution in [0.2, 0.25) is 0 Å². The number of rotatable bonds is 6. The fourth-order valence-corrected chi connectivity index (χ4v) is 7.33. The van der Waals surface area contributed by atoms with Gasteiger partial charge in [-0.1, -0.05) is 74.5 Å². The number of ether oxygens (including phenoxy) is 1. The first kappa shape index (κ1) is 28.4. The van der Waals surface area contributed by atoms with Crippen molar-refractivity contribution in [3.8, 4) is 28.7 Å². The number of aromatic nitrogens is 7. The lowest BCUT2D eigenvalue weighted by Crippen LogP contribution is -2.04. The minimum atomic E-state index is 0.345. The summed E-state index contributed by atoms with van der Waals surface area (Å²) in [5.74, 6) is 3.45. The van der Waals surface area contributed by atoms with Crippen molar-refractivity contribution >= 4 is 49.9 Å². The molecular formula is C42H31N7O. The van der Waals surface area contributed by atoms with Gasteiger partial charge in [-0.3, -0.25) is 18.1 Å². The van der Waals surface area contributed by atoms with Gasteiger partial charge in [-0.15, -0.1) is 0 Å². The number of hydrogen-bond acceptors (Lipinski definition) is 4. The van der Waals surface area contributed by atoms with Crippen molar-refractivity contribution in [2.24, 2.45) is 0 Å². The summed E-state index contributed by atoms with van der Waals surface area (Å²) in [6.07, 6.45) is 3.75. The highest BCUT2D eigenvalue weighted by Gasteiger charge is 2.24. The van der Waals surface area contributed by atoms with Crippen LogP contribution in [-0.2, 0) is 0 Å². The second-order valence-electron chi connectivity index (χ2n) is 12.9. The van der Waals surface area contributed by atoms with Crippen LogP contribution < -0.4 is 4.74 Å². The van der Waals surface area contributed by atoms with E-state index in [1.54, 1.807) is 0 Å². The molecule has 0 amide bonds. The Balaban J connectivity index is 1.15. The monoisotopic (exact) mass is 649 g/mol. The Kier molecular flexibility index (Phi) is 6.20. The number of nitrogens with zero attached hydrogens (tertiary/aromatic N) is 7. The van der Waals surface area contributed by atoms with E-state index in [4.69, 9.17) is 14.7 Å². The first-order valence-electron chi connectivity index (χ1n) is 16.8. The normalized spacial score (nSPS) is 12.0. The van der Waals surface area contributed by atoms with Crippen LogP contribution in [0.1, 0.15) is 25.3 Å². The average Bonchev–Trinajstić information content (AvgIpc) is 3.90. The van der Waals surface area contributed by atoms with Gasteiger partial charge >= 0.3 is 0 Å². The molecule has 10 rings (SSSR count). The van der Waals surface area contributed by atoms with Crippen molar-refractivity contribution in [3.05, 3.63) is 152 Å². The fourth-order valence-electron chi connectivity index (χ4n) is 7.33. The molecule has 8 heteroatoms. The van der Waals surface area contributed by atoms with Crippen molar-refractivity contribution in [1.82, 2.24) is 33.1 Å². The Bertz CT molecular complexity index is 2880. The van der Waals surface area contributed by atoms with Crippen molar-refractivity contribution in [1.29, 1.82) is 0 Å². The maximum atomic E-state index is 6.61. The van der Waals surface area contributed by atoms with Crippen LogP contribution in [0.5, 0.6) is 11.5 Å². The lowest BCUT2D eigenvalue weighted by Gasteiger charge is -2.15. The number of pyridine rings is 1. The smallest absolute Gasteiger partial charge is 0.223 e. The van der Waals surface area contributed by atoms with Crippen molar-refractivity contribution in [3.63, 3.8) is 0 Å². The molecule has 0 N–H and O–H groups in total. The average molecular weight is 650 g/mol. The highest BCUT2D eigenvalue weighted by molar-refractivity contribution is 6.09. The van der Waals surface area contributed by atoms with Gasteiger partial charge in [-0.25, -0.2) is 15.0 Å². The van der Waals surface area contributed by atoms with E-state index in [2.05, 4.69) is 128 Å². The zero-order valence-corrected chi connectivity index (χ0v) is 27.5. The Morgan fingerprint density at radius 3 is 2.20 bits per heavy atom. The summed E-state index contributed by atoms with van der Waals surface area (Å²) in [6, 6.07) is 45.6. The topological polar surface area (TPSA) is 67.1 Å². The Morgan fingerprint density at radius 2 is 1.36 bits per heavy atom. The number of para-hydroxylation sites is 3. The molecule has 5 heterocycles. The summed E-state index contributed by atoms with van der Waals surface area (Å²) in [5.41, 5.74) is 9.06. The highest BCUT2D eigenvalue weighted by atomic mass is 16.5.